The highest BCUT2D eigenvalue weighted by molar-refractivity contribution is 5.97. The van der Waals surface area contributed by atoms with Gasteiger partial charge in [-0.2, -0.15) is 0 Å². The molecule has 1 atom stereocenters. The van der Waals surface area contributed by atoms with E-state index in [0.717, 1.165) is 31.1 Å². The molecule has 2 rings (SSSR count). The summed E-state index contributed by atoms with van der Waals surface area (Å²) in [4.78, 5) is 11.5. The van der Waals surface area contributed by atoms with Gasteiger partial charge in [-0.15, -0.1) is 0 Å². The summed E-state index contributed by atoms with van der Waals surface area (Å²) in [6, 6.07) is 5.92. The molecule has 5 nitrogen and oxygen atoms in total. The van der Waals surface area contributed by atoms with Gasteiger partial charge in [0.2, 0.25) is 0 Å². The maximum Gasteiger partial charge on any atom is 0.265 e. The fourth-order valence-electron chi connectivity index (χ4n) is 1.86. The Morgan fingerprint density at radius 2 is 2.28 bits per heavy atom. The van der Waals surface area contributed by atoms with E-state index >= 15 is 0 Å². The molecule has 0 saturated carbocycles. The summed E-state index contributed by atoms with van der Waals surface area (Å²) in [6.45, 7) is 3.43. The van der Waals surface area contributed by atoms with Gasteiger partial charge in [-0.1, -0.05) is 6.07 Å². The fourth-order valence-corrected chi connectivity index (χ4v) is 1.86. The molecule has 1 heterocycles. The number of rotatable bonds is 5. The first-order chi connectivity index (χ1) is 8.70. The summed E-state index contributed by atoms with van der Waals surface area (Å²) < 4.78 is 5.50. The molecule has 18 heavy (non-hydrogen) atoms. The van der Waals surface area contributed by atoms with Gasteiger partial charge in [0.05, 0.1) is 5.69 Å². The smallest absolute Gasteiger partial charge is 0.265 e. The van der Waals surface area contributed by atoms with Gasteiger partial charge in [-0.25, -0.2) is 0 Å². The van der Waals surface area contributed by atoms with Gasteiger partial charge in [-0.3, -0.25) is 4.79 Å². The molecule has 5 heteroatoms. The highest BCUT2D eigenvalue weighted by atomic mass is 16.5. The molecule has 1 aliphatic rings. The number of nitrogens with one attached hydrogen (secondary N) is 3. The van der Waals surface area contributed by atoms with E-state index in [2.05, 4.69) is 16.0 Å². The molecule has 0 aromatic heterocycles. The third-order valence-corrected chi connectivity index (χ3v) is 2.87. The van der Waals surface area contributed by atoms with Crippen LogP contribution in [0.3, 0.4) is 0 Å². The molecule has 1 aromatic carbocycles. The van der Waals surface area contributed by atoms with E-state index in [1.165, 1.54) is 5.56 Å². The van der Waals surface area contributed by atoms with Crippen molar-refractivity contribution >= 4 is 11.6 Å². The lowest BCUT2D eigenvalue weighted by molar-refractivity contribution is -0.122. The largest absolute Gasteiger partial charge is 0.479 e. The summed E-state index contributed by atoms with van der Waals surface area (Å²) >= 11 is 0. The standard InChI is InChI=1S/C13H19N3O2/c1-9-13(17)16-11-7-10(3-4-12(11)18-9)5-6-15-8-14-2/h3-4,7,9,14-15H,5-6,8H2,1-2H3,(H,16,17). The second-order valence-electron chi connectivity index (χ2n) is 4.36. The predicted molar refractivity (Wildman–Crippen MR) is 70.8 cm³/mol. The van der Waals surface area contributed by atoms with Gasteiger partial charge < -0.3 is 20.7 Å². The van der Waals surface area contributed by atoms with E-state index in [4.69, 9.17) is 4.74 Å². The third kappa shape index (κ3) is 3.00. The Balaban J connectivity index is 1.99. The number of anilines is 1. The minimum absolute atomic E-state index is 0.0899. The molecule has 98 valence electrons. The van der Waals surface area contributed by atoms with Crippen LogP contribution >= 0.6 is 0 Å². The summed E-state index contributed by atoms with van der Waals surface area (Å²) in [6.07, 6.45) is 0.501. The third-order valence-electron chi connectivity index (χ3n) is 2.87. The summed E-state index contributed by atoms with van der Waals surface area (Å²) in [5.41, 5.74) is 1.94. The van der Waals surface area contributed by atoms with Crippen LogP contribution in [0, 0.1) is 0 Å². The van der Waals surface area contributed by atoms with Crippen molar-refractivity contribution in [2.45, 2.75) is 19.4 Å². The van der Waals surface area contributed by atoms with Gasteiger partial charge in [0.25, 0.3) is 5.91 Å². The Bertz CT molecular complexity index is 434. The topological polar surface area (TPSA) is 62.4 Å². The SMILES string of the molecule is CNCNCCc1ccc2c(c1)NC(=O)C(C)O2. The van der Waals surface area contributed by atoms with E-state index in [-0.39, 0.29) is 5.91 Å². The first-order valence-electron chi connectivity index (χ1n) is 6.16. The maximum absolute atomic E-state index is 11.5. The summed E-state index contributed by atoms with van der Waals surface area (Å²) in [7, 11) is 1.90. The lowest BCUT2D eigenvalue weighted by Crippen LogP contribution is -2.34. The number of hydrogen-bond donors (Lipinski definition) is 3. The normalized spacial score (nSPS) is 17.9. The van der Waals surface area contributed by atoms with Crippen LogP contribution in [0.5, 0.6) is 5.75 Å². The molecule has 0 radical (unpaired) electrons. The van der Waals surface area contributed by atoms with Crippen LogP contribution in [-0.2, 0) is 11.2 Å². The van der Waals surface area contributed by atoms with E-state index in [0.29, 0.717) is 0 Å². The molecule has 0 spiro atoms. The van der Waals surface area contributed by atoms with Crippen LogP contribution in [0.1, 0.15) is 12.5 Å². The number of amides is 1. The van der Waals surface area contributed by atoms with E-state index in [9.17, 15) is 4.79 Å². The van der Waals surface area contributed by atoms with Crippen molar-refractivity contribution in [2.75, 3.05) is 25.6 Å². The summed E-state index contributed by atoms with van der Waals surface area (Å²) in [5, 5.41) is 9.13. The lowest BCUT2D eigenvalue weighted by atomic mass is 10.1. The Morgan fingerprint density at radius 1 is 1.44 bits per heavy atom. The first kappa shape index (κ1) is 12.9. The average molecular weight is 249 g/mol. The van der Waals surface area contributed by atoms with Crippen molar-refractivity contribution < 1.29 is 9.53 Å². The zero-order chi connectivity index (χ0) is 13.0. The Hall–Kier alpha value is -1.59. The van der Waals surface area contributed by atoms with Crippen molar-refractivity contribution in [1.82, 2.24) is 10.6 Å². The number of benzene rings is 1. The van der Waals surface area contributed by atoms with Crippen LogP contribution in [0.2, 0.25) is 0 Å². The highest BCUT2D eigenvalue weighted by Gasteiger charge is 2.23. The molecule has 3 N–H and O–H groups in total. The molecule has 0 bridgehead atoms. The van der Waals surface area contributed by atoms with Crippen LogP contribution in [-0.4, -0.2) is 32.3 Å². The highest BCUT2D eigenvalue weighted by Crippen LogP contribution is 2.30. The monoisotopic (exact) mass is 249 g/mol. The molecular formula is C13H19N3O2. The van der Waals surface area contributed by atoms with Gasteiger partial charge in [0.15, 0.2) is 6.10 Å². The van der Waals surface area contributed by atoms with Gasteiger partial charge in [-0.05, 0) is 38.1 Å². The fraction of sp³-hybridized carbons (Fsp3) is 0.462. The zero-order valence-corrected chi connectivity index (χ0v) is 10.7. The minimum Gasteiger partial charge on any atom is -0.479 e. The predicted octanol–water partition coefficient (Wildman–Crippen LogP) is 0.715. The Morgan fingerprint density at radius 3 is 3.06 bits per heavy atom. The van der Waals surface area contributed by atoms with E-state index in [1.807, 2.05) is 25.2 Å². The number of carbonyl (C=O) groups is 1. The van der Waals surface area contributed by atoms with Crippen LogP contribution < -0.4 is 20.7 Å². The molecule has 0 saturated heterocycles. The number of hydrogen-bond acceptors (Lipinski definition) is 4. The van der Waals surface area contributed by atoms with Gasteiger partial charge >= 0.3 is 0 Å². The Labute approximate surface area is 107 Å². The van der Waals surface area contributed by atoms with Gasteiger partial charge in [0.1, 0.15) is 5.75 Å². The van der Waals surface area contributed by atoms with Crippen LogP contribution in [0.4, 0.5) is 5.69 Å². The summed E-state index contributed by atoms with van der Waals surface area (Å²) in [5.74, 6) is 0.655. The molecule has 1 aromatic rings. The van der Waals surface area contributed by atoms with Crippen LogP contribution in [0.25, 0.3) is 0 Å². The lowest BCUT2D eigenvalue weighted by Gasteiger charge is -2.23. The van der Waals surface area contributed by atoms with Crippen molar-refractivity contribution in [2.24, 2.45) is 0 Å². The first-order valence-corrected chi connectivity index (χ1v) is 6.16. The van der Waals surface area contributed by atoms with Crippen molar-refractivity contribution in [3.8, 4) is 5.75 Å². The number of ether oxygens (including phenoxy) is 1. The van der Waals surface area contributed by atoms with E-state index in [1.54, 1.807) is 6.92 Å². The average Bonchev–Trinajstić information content (AvgIpc) is 2.36. The van der Waals surface area contributed by atoms with Crippen molar-refractivity contribution in [1.29, 1.82) is 0 Å². The van der Waals surface area contributed by atoms with Crippen molar-refractivity contribution in [3.05, 3.63) is 23.8 Å². The maximum atomic E-state index is 11.5. The molecule has 1 amide bonds. The Kier molecular flexibility index (Phi) is 4.17. The molecule has 0 fully saturated rings. The molecular weight excluding hydrogens is 230 g/mol. The second-order valence-corrected chi connectivity index (χ2v) is 4.36. The quantitative estimate of drug-likeness (QED) is 0.531. The van der Waals surface area contributed by atoms with Crippen molar-refractivity contribution in [3.63, 3.8) is 0 Å². The molecule has 1 unspecified atom stereocenters. The minimum atomic E-state index is -0.416. The van der Waals surface area contributed by atoms with E-state index < -0.39 is 6.10 Å². The second kappa shape index (κ2) is 5.84. The molecule has 0 aliphatic carbocycles. The van der Waals surface area contributed by atoms with Gasteiger partial charge in [0, 0.05) is 13.2 Å². The number of fused-ring (bicyclic) bond motifs is 1. The zero-order valence-electron chi connectivity index (χ0n) is 10.7. The molecule has 1 aliphatic heterocycles. The number of carbonyl (C=O) groups excluding carboxylic acids is 1. The van der Waals surface area contributed by atoms with Crippen LogP contribution in [0.15, 0.2) is 18.2 Å².